The number of rotatable bonds is 4. The van der Waals surface area contributed by atoms with Crippen LogP contribution in [0, 0.1) is 4.77 Å². The smallest absolute Gasteiger partial charge is 0.336 e. The number of carboxylic acids is 1. The molecule has 0 amide bonds. The summed E-state index contributed by atoms with van der Waals surface area (Å²) in [5.74, 6) is -0.490. The van der Waals surface area contributed by atoms with Gasteiger partial charge in [0.15, 0.2) is 5.82 Å². The summed E-state index contributed by atoms with van der Waals surface area (Å²) in [7, 11) is 0. The number of carboxylic acid groups (broad SMARTS) is 1. The first-order valence-corrected chi connectivity index (χ1v) is 8.07. The van der Waals surface area contributed by atoms with Gasteiger partial charge in [-0.2, -0.15) is 14.9 Å². The van der Waals surface area contributed by atoms with Gasteiger partial charge in [0.25, 0.3) is 0 Å². The van der Waals surface area contributed by atoms with Crippen LogP contribution in [-0.2, 0) is 0 Å². The molecule has 1 heterocycles. The first-order chi connectivity index (χ1) is 11.6. The number of nitrogens with one attached hydrogen (secondary N) is 1. The van der Waals surface area contributed by atoms with E-state index in [0.29, 0.717) is 16.2 Å². The molecule has 120 valence electrons. The third-order valence-electron chi connectivity index (χ3n) is 3.27. The molecule has 6 nitrogen and oxygen atoms in total. The monoisotopic (exact) mass is 402 g/mol. The first-order valence-electron chi connectivity index (χ1n) is 6.87. The van der Waals surface area contributed by atoms with Crippen molar-refractivity contribution in [2.75, 3.05) is 0 Å². The van der Waals surface area contributed by atoms with Crippen molar-refractivity contribution >= 4 is 40.3 Å². The van der Waals surface area contributed by atoms with Crippen LogP contribution in [0.3, 0.4) is 0 Å². The van der Waals surface area contributed by atoms with Crippen LogP contribution in [0.15, 0.2) is 58.1 Å². The number of benzene rings is 2. The molecule has 0 saturated heterocycles. The van der Waals surface area contributed by atoms with Crippen LogP contribution in [-0.4, -0.2) is 32.2 Å². The number of nitrogens with zero attached hydrogens (tertiary/aromatic N) is 3. The lowest BCUT2D eigenvalue weighted by Gasteiger charge is -2.04. The summed E-state index contributed by atoms with van der Waals surface area (Å²) in [5.41, 5.74) is 1.46. The van der Waals surface area contributed by atoms with Crippen LogP contribution in [0.2, 0.25) is 0 Å². The van der Waals surface area contributed by atoms with Gasteiger partial charge in [0.05, 0.1) is 11.8 Å². The minimum atomic E-state index is -1.01. The van der Waals surface area contributed by atoms with Gasteiger partial charge in [-0.05, 0) is 30.4 Å². The lowest BCUT2D eigenvalue weighted by Crippen LogP contribution is -2.02. The summed E-state index contributed by atoms with van der Waals surface area (Å²) in [6.45, 7) is 0. The first kappa shape index (κ1) is 16.3. The van der Waals surface area contributed by atoms with Crippen molar-refractivity contribution in [3.63, 3.8) is 0 Å². The summed E-state index contributed by atoms with van der Waals surface area (Å²) in [4.78, 5) is 11.3. The molecule has 3 rings (SSSR count). The second-order valence-corrected chi connectivity index (χ2v) is 6.02. The summed E-state index contributed by atoms with van der Waals surface area (Å²) in [6.07, 6.45) is 1.45. The van der Waals surface area contributed by atoms with E-state index in [1.54, 1.807) is 18.2 Å². The Morgan fingerprint density at radius 3 is 2.71 bits per heavy atom. The Morgan fingerprint density at radius 1 is 1.25 bits per heavy atom. The number of aromatic nitrogens is 3. The number of aromatic amines is 1. The third kappa shape index (κ3) is 3.19. The van der Waals surface area contributed by atoms with Crippen LogP contribution >= 0.6 is 28.1 Å². The maximum atomic E-state index is 11.3. The van der Waals surface area contributed by atoms with Crippen LogP contribution < -0.4 is 0 Å². The molecule has 0 aliphatic rings. The van der Waals surface area contributed by atoms with E-state index >= 15 is 0 Å². The quantitative estimate of drug-likeness (QED) is 0.511. The highest BCUT2D eigenvalue weighted by Crippen LogP contribution is 2.26. The zero-order valence-electron chi connectivity index (χ0n) is 12.2. The lowest BCUT2D eigenvalue weighted by atomic mass is 10.1. The van der Waals surface area contributed by atoms with Crippen LogP contribution in [0.5, 0.6) is 0 Å². The van der Waals surface area contributed by atoms with E-state index in [-0.39, 0.29) is 5.56 Å². The molecule has 0 spiro atoms. The van der Waals surface area contributed by atoms with Gasteiger partial charge in [0.1, 0.15) is 0 Å². The predicted octanol–water partition coefficient (Wildman–Crippen LogP) is 3.95. The molecule has 0 aliphatic carbocycles. The molecule has 3 aromatic rings. The third-order valence-corrected chi connectivity index (χ3v) is 4.22. The van der Waals surface area contributed by atoms with Gasteiger partial charge >= 0.3 is 5.97 Å². The van der Waals surface area contributed by atoms with Gasteiger partial charge in [0, 0.05) is 15.6 Å². The molecule has 2 aromatic carbocycles. The molecule has 8 heteroatoms. The Morgan fingerprint density at radius 2 is 1.96 bits per heavy atom. The summed E-state index contributed by atoms with van der Waals surface area (Å²) in [6, 6.07) is 14.2. The van der Waals surface area contributed by atoms with Gasteiger partial charge in [-0.1, -0.05) is 46.3 Å². The van der Waals surface area contributed by atoms with Crippen molar-refractivity contribution in [3.8, 4) is 11.4 Å². The average Bonchev–Trinajstić information content (AvgIpc) is 2.94. The normalized spacial score (nSPS) is 11.0. The van der Waals surface area contributed by atoms with E-state index in [1.807, 2.05) is 24.3 Å². The number of H-pyrrole nitrogens is 1. The van der Waals surface area contributed by atoms with Gasteiger partial charge in [0.2, 0.25) is 4.77 Å². The van der Waals surface area contributed by atoms with Crippen LogP contribution in [0.1, 0.15) is 15.9 Å². The predicted molar refractivity (Wildman–Crippen MR) is 96.9 cm³/mol. The molecule has 0 bridgehead atoms. The van der Waals surface area contributed by atoms with E-state index in [2.05, 4.69) is 31.2 Å². The van der Waals surface area contributed by atoms with Gasteiger partial charge in [-0.3, -0.25) is 0 Å². The Bertz CT molecular complexity index is 993. The average molecular weight is 403 g/mol. The van der Waals surface area contributed by atoms with E-state index in [4.69, 9.17) is 12.2 Å². The molecule has 2 N–H and O–H groups in total. The zero-order valence-corrected chi connectivity index (χ0v) is 14.6. The zero-order chi connectivity index (χ0) is 17.1. The van der Waals surface area contributed by atoms with Gasteiger partial charge in [-0.15, -0.1) is 0 Å². The highest BCUT2D eigenvalue weighted by Gasteiger charge is 2.12. The number of halogens is 1. The molecule has 0 radical (unpaired) electrons. The van der Waals surface area contributed by atoms with E-state index in [9.17, 15) is 9.90 Å². The van der Waals surface area contributed by atoms with Crippen molar-refractivity contribution in [2.24, 2.45) is 5.10 Å². The van der Waals surface area contributed by atoms with Crippen molar-refractivity contribution in [2.45, 2.75) is 0 Å². The van der Waals surface area contributed by atoms with E-state index in [1.165, 1.54) is 17.0 Å². The highest BCUT2D eigenvalue weighted by molar-refractivity contribution is 9.10. The fourth-order valence-electron chi connectivity index (χ4n) is 2.14. The molecular formula is C16H11BrN4O2S. The number of carbonyl (C=O) groups is 1. The van der Waals surface area contributed by atoms with Gasteiger partial charge < -0.3 is 5.11 Å². The second kappa shape index (κ2) is 6.90. The summed E-state index contributed by atoms with van der Waals surface area (Å²) >= 11 is 8.69. The Labute approximate surface area is 150 Å². The lowest BCUT2D eigenvalue weighted by molar-refractivity contribution is 0.0697. The summed E-state index contributed by atoms with van der Waals surface area (Å²) in [5, 5.41) is 20.4. The maximum absolute atomic E-state index is 11.3. The molecule has 0 atom stereocenters. The molecule has 0 saturated carbocycles. The largest absolute Gasteiger partial charge is 0.478 e. The second-order valence-electron chi connectivity index (χ2n) is 4.78. The number of hydrogen-bond donors (Lipinski definition) is 2. The minimum absolute atomic E-state index is 0.165. The van der Waals surface area contributed by atoms with Crippen molar-refractivity contribution in [3.05, 3.63) is 68.9 Å². The number of hydrogen-bond acceptors (Lipinski definition) is 4. The molecule has 0 fully saturated rings. The fraction of sp³-hybridized carbons (Fsp3) is 0. The molecule has 0 aliphatic heterocycles. The molecular weight excluding hydrogens is 392 g/mol. The Kier molecular flexibility index (Phi) is 4.68. The van der Waals surface area contributed by atoms with E-state index in [0.717, 1.165) is 10.0 Å². The van der Waals surface area contributed by atoms with E-state index < -0.39 is 5.97 Å². The molecule has 24 heavy (non-hydrogen) atoms. The van der Waals surface area contributed by atoms with Crippen molar-refractivity contribution in [1.82, 2.24) is 14.9 Å². The standard InChI is InChI=1S/C16H11BrN4O2S/c17-13-8-4-3-7-12(13)14-19-20-16(24)21(14)18-9-10-5-1-2-6-11(10)15(22)23/h1-9H,(H,20,24)(H,22,23)/b18-9+. The molecule has 1 aromatic heterocycles. The topological polar surface area (TPSA) is 83.3 Å². The minimum Gasteiger partial charge on any atom is -0.478 e. The molecule has 0 unspecified atom stereocenters. The Balaban J connectivity index is 2.07. The van der Waals surface area contributed by atoms with Gasteiger partial charge in [-0.25, -0.2) is 9.89 Å². The number of aromatic carboxylic acids is 1. The Hall–Kier alpha value is -2.58. The maximum Gasteiger partial charge on any atom is 0.336 e. The fourth-order valence-corrected chi connectivity index (χ4v) is 2.78. The van der Waals surface area contributed by atoms with Crippen molar-refractivity contribution < 1.29 is 9.90 Å². The van der Waals surface area contributed by atoms with Crippen molar-refractivity contribution in [1.29, 1.82) is 0 Å². The van der Waals surface area contributed by atoms with Crippen LogP contribution in [0.25, 0.3) is 11.4 Å². The summed E-state index contributed by atoms with van der Waals surface area (Å²) < 4.78 is 2.61. The highest BCUT2D eigenvalue weighted by atomic mass is 79.9. The van der Waals surface area contributed by atoms with Crippen LogP contribution in [0.4, 0.5) is 0 Å². The SMILES string of the molecule is O=C(O)c1ccccc1/C=N/n1c(-c2ccccc2Br)n[nH]c1=S.